The zero-order chi connectivity index (χ0) is 7.82. The van der Waals surface area contributed by atoms with Crippen LogP contribution in [0.25, 0.3) is 0 Å². The molecule has 0 atom stereocenters. The van der Waals surface area contributed by atoms with E-state index in [4.69, 9.17) is 11.6 Å². The number of hydrogen-bond donors (Lipinski definition) is 0. The van der Waals surface area contributed by atoms with Crippen LogP contribution in [0.4, 0.5) is 4.53 Å². The van der Waals surface area contributed by atoms with Crippen LogP contribution in [0.3, 0.4) is 0 Å². The maximum absolute atomic E-state index is 10.9. The van der Waals surface area contributed by atoms with Crippen molar-refractivity contribution in [3.05, 3.63) is 0 Å². The minimum atomic E-state index is -0.438. The van der Waals surface area contributed by atoms with Gasteiger partial charge in [-0.1, -0.05) is 0 Å². The first-order valence-corrected chi connectivity index (χ1v) is 3.30. The smallest absolute Gasteiger partial charge is 0.307 e. The molecule has 60 valence electrons. The van der Waals surface area contributed by atoms with Crippen LogP contribution in [0.15, 0.2) is 0 Å². The van der Waals surface area contributed by atoms with Gasteiger partial charge in [0.1, 0.15) is 13.2 Å². The summed E-state index contributed by atoms with van der Waals surface area (Å²) in [6.45, 7) is -0.291. The van der Waals surface area contributed by atoms with Crippen molar-refractivity contribution >= 4 is 17.6 Å². The quantitative estimate of drug-likeness (QED) is 0.352. The Morgan fingerprint density at radius 3 is 2.70 bits per heavy atom. The van der Waals surface area contributed by atoms with Gasteiger partial charge in [0.05, 0.1) is 6.42 Å². The van der Waals surface area contributed by atoms with Crippen molar-refractivity contribution in [2.24, 2.45) is 0 Å². The topological polar surface area (TPSA) is 35.5 Å². The first-order chi connectivity index (χ1) is 4.81. The van der Waals surface area contributed by atoms with E-state index in [1.54, 1.807) is 0 Å². The van der Waals surface area contributed by atoms with Crippen molar-refractivity contribution in [2.75, 3.05) is 19.1 Å². The molecular weight excluding hydrogens is 163 g/mol. The highest BCUT2D eigenvalue weighted by molar-refractivity contribution is 6.18. The minimum Gasteiger partial charge on any atom is -0.463 e. The van der Waals surface area contributed by atoms with Gasteiger partial charge in [-0.15, -0.1) is 11.6 Å². The number of carbonyl (C=O) groups excluding carboxylic acids is 1. The van der Waals surface area contributed by atoms with Gasteiger partial charge in [0.15, 0.2) is 0 Å². The van der Waals surface area contributed by atoms with E-state index in [0.717, 1.165) is 0 Å². The van der Waals surface area contributed by atoms with Gasteiger partial charge in [0.25, 0.3) is 0 Å². The summed E-state index contributed by atoms with van der Waals surface area (Å²) >= 11 is 5.20. The molecule has 0 aliphatic carbocycles. The summed E-state index contributed by atoms with van der Waals surface area (Å²) in [5, 5.41) is 0. The zero-order valence-corrected chi connectivity index (χ0v) is 6.07. The van der Waals surface area contributed by atoms with Crippen LogP contribution in [-0.2, 0) is 14.5 Å². The molecule has 3 nitrogen and oxygen atoms in total. The molecule has 10 heavy (non-hydrogen) atoms. The molecule has 0 spiro atoms. The molecule has 0 heterocycles. The minimum absolute atomic E-state index is 0.0633. The molecule has 0 rings (SSSR count). The van der Waals surface area contributed by atoms with Crippen LogP contribution in [0, 0.1) is 0 Å². The maximum Gasteiger partial charge on any atom is 0.307 e. The summed E-state index contributed by atoms with van der Waals surface area (Å²) < 4.78 is 15.3. The Balaban J connectivity index is 3.05. The summed E-state index contributed by atoms with van der Waals surface area (Å²) in [5.41, 5.74) is 0. The van der Waals surface area contributed by atoms with Crippen LogP contribution in [0.2, 0.25) is 0 Å². The average Bonchev–Trinajstić information content (AvgIpc) is 1.89. The Morgan fingerprint density at radius 2 is 2.20 bits per heavy atom. The van der Waals surface area contributed by atoms with Crippen LogP contribution in [0.1, 0.15) is 6.42 Å². The van der Waals surface area contributed by atoms with Crippen molar-refractivity contribution in [3.8, 4) is 0 Å². The Hall–Kier alpha value is -0.350. The van der Waals surface area contributed by atoms with E-state index in [9.17, 15) is 9.32 Å². The molecule has 0 radical (unpaired) electrons. The second kappa shape index (κ2) is 6.77. The van der Waals surface area contributed by atoms with E-state index in [1.165, 1.54) is 0 Å². The third-order valence-corrected chi connectivity index (χ3v) is 0.911. The number of hydrogen-bond acceptors (Lipinski definition) is 3. The number of alkyl halides is 1. The van der Waals surface area contributed by atoms with Crippen LogP contribution >= 0.6 is 11.6 Å². The molecular formula is C5H8ClFO3. The lowest BCUT2D eigenvalue weighted by Crippen LogP contribution is -2.08. The number of ether oxygens (including phenoxy) is 1. The van der Waals surface area contributed by atoms with Crippen molar-refractivity contribution < 1.29 is 19.0 Å². The summed E-state index contributed by atoms with van der Waals surface area (Å²) in [6, 6.07) is 0. The second-order valence-corrected chi connectivity index (χ2v) is 1.85. The molecule has 0 N–H and O–H groups in total. The monoisotopic (exact) mass is 170 g/mol. The lowest BCUT2D eigenvalue weighted by Gasteiger charge is -1.99. The van der Waals surface area contributed by atoms with E-state index >= 15 is 0 Å². The van der Waals surface area contributed by atoms with Crippen molar-refractivity contribution in [1.82, 2.24) is 0 Å². The van der Waals surface area contributed by atoms with Gasteiger partial charge >= 0.3 is 5.97 Å². The van der Waals surface area contributed by atoms with E-state index in [1.807, 2.05) is 0 Å². The highest BCUT2D eigenvalue weighted by Gasteiger charge is 1.99. The number of carbonyl (C=O) groups is 1. The lowest BCUT2D eigenvalue weighted by molar-refractivity contribution is -0.161. The molecule has 0 amide bonds. The molecule has 0 aliphatic heterocycles. The SMILES string of the molecule is O=C(CCCl)OCCOF. The third kappa shape index (κ3) is 5.78. The number of rotatable bonds is 5. The van der Waals surface area contributed by atoms with E-state index in [2.05, 4.69) is 9.68 Å². The van der Waals surface area contributed by atoms with Crippen LogP contribution < -0.4 is 0 Å². The zero-order valence-electron chi connectivity index (χ0n) is 5.31. The second-order valence-electron chi connectivity index (χ2n) is 1.47. The molecule has 0 aromatic carbocycles. The maximum atomic E-state index is 10.9. The summed E-state index contributed by atoms with van der Waals surface area (Å²) in [5.74, 6) is -0.220. The Morgan fingerprint density at radius 1 is 1.50 bits per heavy atom. The number of halogens is 2. The van der Waals surface area contributed by atoms with Gasteiger partial charge in [-0.2, -0.15) is 4.94 Å². The molecule has 0 aliphatic rings. The molecule has 0 bridgehead atoms. The summed E-state index contributed by atoms with van der Waals surface area (Å²) in [6.07, 6.45) is 0.147. The highest BCUT2D eigenvalue weighted by Crippen LogP contribution is 1.89. The van der Waals surface area contributed by atoms with Gasteiger partial charge in [-0.05, 0) is 4.53 Å². The molecule has 5 heteroatoms. The van der Waals surface area contributed by atoms with Crippen LogP contribution in [-0.4, -0.2) is 25.1 Å². The molecule has 0 saturated heterocycles. The summed E-state index contributed by atoms with van der Waals surface area (Å²) in [4.78, 5) is 13.6. The van der Waals surface area contributed by atoms with Gasteiger partial charge in [-0.3, -0.25) is 4.79 Å². The van der Waals surface area contributed by atoms with Crippen molar-refractivity contribution in [2.45, 2.75) is 6.42 Å². The Bertz CT molecular complexity index is 98.9. The predicted molar refractivity (Wildman–Crippen MR) is 33.4 cm³/mol. The van der Waals surface area contributed by atoms with E-state index in [-0.39, 0.29) is 25.5 Å². The standard InChI is InChI=1S/C5H8ClFO3/c6-2-1-5(8)9-3-4-10-7/h1-4H2. The Labute approximate surface area is 63.0 Å². The van der Waals surface area contributed by atoms with Crippen molar-refractivity contribution in [1.29, 1.82) is 0 Å². The fraction of sp³-hybridized carbons (Fsp3) is 0.800. The molecule has 0 aromatic heterocycles. The lowest BCUT2D eigenvalue weighted by atomic mass is 10.5. The van der Waals surface area contributed by atoms with E-state index in [0.29, 0.717) is 0 Å². The first-order valence-electron chi connectivity index (χ1n) is 2.76. The molecule has 0 aromatic rings. The predicted octanol–water partition coefficient (Wildman–Crippen LogP) is 1.06. The average molecular weight is 171 g/mol. The highest BCUT2D eigenvalue weighted by atomic mass is 35.5. The van der Waals surface area contributed by atoms with Gasteiger partial charge in [-0.25, -0.2) is 0 Å². The van der Waals surface area contributed by atoms with Gasteiger partial charge in [0.2, 0.25) is 0 Å². The fourth-order valence-electron chi connectivity index (χ4n) is 0.336. The number of esters is 1. The van der Waals surface area contributed by atoms with Crippen LogP contribution in [0.5, 0.6) is 0 Å². The molecule has 0 fully saturated rings. The van der Waals surface area contributed by atoms with Gasteiger partial charge in [0, 0.05) is 5.88 Å². The normalized spacial score (nSPS) is 9.40. The first kappa shape index (κ1) is 9.65. The third-order valence-electron chi connectivity index (χ3n) is 0.722. The molecule has 0 unspecified atom stereocenters. The summed E-state index contributed by atoms with van der Waals surface area (Å²) in [7, 11) is 0. The Kier molecular flexibility index (Phi) is 6.53. The fourth-order valence-corrected chi connectivity index (χ4v) is 0.491. The largest absolute Gasteiger partial charge is 0.463 e. The van der Waals surface area contributed by atoms with Crippen molar-refractivity contribution in [3.63, 3.8) is 0 Å². The van der Waals surface area contributed by atoms with E-state index < -0.39 is 5.97 Å². The molecule has 0 saturated carbocycles. The van der Waals surface area contributed by atoms with Gasteiger partial charge < -0.3 is 4.74 Å².